The summed E-state index contributed by atoms with van der Waals surface area (Å²) in [5.41, 5.74) is 7.34. The molecule has 1 unspecified atom stereocenters. The molecule has 1 aromatic rings. The smallest absolute Gasteiger partial charge is 0.241 e. The second-order valence-corrected chi connectivity index (χ2v) is 6.10. The van der Waals surface area contributed by atoms with Crippen LogP contribution in [0.3, 0.4) is 0 Å². The van der Waals surface area contributed by atoms with Crippen LogP contribution in [-0.2, 0) is 9.59 Å². The lowest BCUT2D eigenvalue weighted by atomic mass is 9.85. The Hall–Kier alpha value is -1.88. The first-order valence-corrected chi connectivity index (χ1v) is 7.98. The van der Waals surface area contributed by atoms with Crippen LogP contribution in [0.2, 0.25) is 0 Å². The van der Waals surface area contributed by atoms with E-state index in [0.717, 1.165) is 6.42 Å². The molecule has 120 valence electrons. The number of nitrogens with two attached hydrogens (primary N) is 1. The summed E-state index contributed by atoms with van der Waals surface area (Å²) in [7, 11) is 0. The molecule has 1 fully saturated rings. The van der Waals surface area contributed by atoms with E-state index in [-0.39, 0.29) is 11.8 Å². The number of carbonyl (C=O) groups is 2. The van der Waals surface area contributed by atoms with E-state index in [1.807, 2.05) is 0 Å². The number of nitrogens with one attached hydrogen (secondary N) is 2. The van der Waals surface area contributed by atoms with Crippen LogP contribution in [0.4, 0.5) is 11.4 Å². The Kier molecular flexibility index (Phi) is 5.95. The number of amides is 2. The fourth-order valence-corrected chi connectivity index (χ4v) is 3.00. The fourth-order valence-electron chi connectivity index (χ4n) is 3.00. The van der Waals surface area contributed by atoms with Gasteiger partial charge in [0, 0.05) is 18.3 Å². The van der Waals surface area contributed by atoms with Crippen molar-refractivity contribution in [3.8, 4) is 0 Å². The number of anilines is 2. The molecule has 2 amide bonds. The van der Waals surface area contributed by atoms with Gasteiger partial charge in [-0.05, 0) is 30.5 Å². The van der Waals surface area contributed by atoms with E-state index in [9.17, 15) is 9.59 Å². The third-order valence-electron chi connectivity index (χ3n) is 4.10. The van der Waals surface area contributed by atoms with Gasteiger partial charge in [-0.15, -0.1) is 0 Å². The normalized spacial score (nSPS) is 16.8. The number of carbonyl (C=O) groups excluding carboxylic acids is 2. The van der Waals surface area contributed by atoms with Gasteiger partial charge in [0.15, 0.2) is 0 Å². The minimum atomic E-state index is -0.479. The first-order valence-electron chi connectivity index (χ1n) is 7.98. The van der Waals surface area contributed by atoms with Gasteiger partial charge in [0.2, 0.25) is 11.8 Å². The number of benzene rings is 1. The molecular weight excluding hydrogens is 278 g/mol. The Morgan fingerprint density at radius 2 is 1.82 bits per heavy atom. The minimum absolute atomic E-state index is 0.141. The molecule has 1 aliphatic rings. The van der Waals surface area contributed by atoms with E-state index in [1.165, 1.54) is 39.0 Å². The van der Waals surface area contributed by atoms with Crippen LogP contribution in [0, 0.1) is 5.92 Å². The van der Waals surface area contributed by atoms with Crippen molar-refractivity contribution in [1.82, 2.24) is 0 Å². The average molecular weight is 303 g/mol. The molecule has 1 saturated carbocycles. The standard InChI is InChI=1S/C17H25N3O2/c1-12(21)19-14-8-5-9-15(11-14)20-17(22)16(18)10-13-6-3-2-4-7-13/h5,8-9,11,13,16H,2-4,6-7,10,18H2,1H3,(H,19,21)(H,20,22). The maximum absolute atomic E-state index is 12.2. The van der Waals surface area contributed by atoms with Gasteiger partial charge in [-0.1, -0.05) is 38.2 Å². The third-order valence-corrected chi connectivity index (χ3v) is 4.10. The summed E-state index contributed by atoms with van der Waals surface area (Å²) >= 11 is 0. The highest BCUT2D eigenvalue weighted by Gasteiger charge is 2.21. The second kappa shape index (κ2) is 7.94. The molecule has 4 N–H and O–H groups in total. The van der Waals surface area contributed by atoms with Gasteiger partial charge < -0.3 is 16.4 Å². The molecule has 0 bridgehead atoms. The van der Waals surface area contributed by atoms with Gasteiger partial charge in [0.25, 0.3) is 0 Å². The quantitative estimate of drug-likeness (QED) is 0.782. The van der Waals surface area contributed by atoms with Crippen molar-refractivity contribution in [3.05, 3.63) is 24.3 Å². The second-order valence-electron chi connectivity index (χ2n) is 6.10. The molecule has 5 nitrogen and oxygen atoms in total. The molecule has 0 aromatic heterocycles. The van der Waals surface area contributed by atoms with Crippen molar-refractivity contribution < 1.29 is 9.59 Å². The largest absolute Gasteiger partial charge is 0.326 e. The summed E-state index contributed by atoms with van der Waals surface area (Å²) in [6.07, 6.45) is 6.90. The molecule has 1 aliphatic carbocycles. The van der Waals surface area contributed by atoms with Gasteiger partial charge in [-0.3, -0.25) is 9.59 Å². The molecule has 1 aromatic carbocycles. The Balaban J connectivity index is 1.88. The molecule has 0 saturated heterocycles. The van der Waals surface area contributed by atoms with Crippen LogP contribution in [0.25, 0.3) is 0 Å². The fraction of sp³-hybridized carbons (Fsp3) is 0.529. The van der Waals surface area contributed by atoms with Crippen molar-refractivity contribution in [2.45, 2.75) is 51.5 Å². The summed E-state index contributed by atoms with van der Waals surface area (Å²) in [6, 6.07) is 6.60. The first-order chi connectivity index (χ1) is 10.5. The van der Waals surface area contributed by atoms with Gasteiger partial charge in [0.1, 0.15) is 0 Å². The zero-order valence-corrected chi connectivity index (χ0v) is 13.1. The molecule has 0 heterocycles. The molecule has 1 atom stereocenters. The van der Waals surface area contributed by atoms with E-state index in [1.54, 1.807) is 24.3 Å². The summed E-state index contributed by atoms with van der Waals surface area (Å²) in [5, 5.41) is 5.52. The van der Waals surface area contributed by atoms with Gasteiger partial charge in [-0.2, -0.15) is 0 Å². The Bertz CT molecular complexity index is 524. The topological polar surface area (TPSA) is 84.2 Å². The first kappa shape index (κ1) is 16.5. The van der Waals surface area contributed by atoms with Crippen molar-refractivity contribution in [3.63, 3.8) is 0 Å². The predicted molar refractivity (Wildman–Crippen MR) is 88.5 cm³/mol. The highest BCUT2D eigenvalue weighted by Crippen LogP contribution is 2.27. The lowest BCUT2D eigenvalue weighted by Crippen LogP contribution is -2.37. The zero-order valence-electron chi connectivity index (χ0n) is 13.1. The van der Waals surface area contributed by atoms with Crippen LogP contribution < -0.4 is 16.4 Å². The SMILES string of the molecule is CC(=O)Nc1cccc(NC(=O)C(N)CC2CCCCC2)c1. The molecule has 22 heavy (non-hydrogen) atoms. The van der Waals surface area contributed by atoms with E-state index in [0.29, 0.717) is 17.3 Å². The van der Waals surface area contributed by atoms with Crippen LogP contribution in [0.1, 0.15) is 45.4 Å². The number of hydrogen-bond donors (Lipinski definition) is 3. The third kappa shape index (κ3) is 5.15. The predicted octanol–water partition coefficient (Wildman–Crippen LogP) is 2.88. The maximum Gasteiger partial charge on any atom is 0.241 e. The van der Waals surface area contributed by atoms with E-state index in [4.69, 9.17) is 5.73 Å². The minimum Gasteiger partial charge on any atom is -0.326 e. The maximum atomic E-state index is 12.2. The molecular formula is C17H25N3O2. The monoisotopic (exact) mass is 303 g/mol. The lowest BCUT2D eigenvalue weighted by molar-refractivity contribution is -0.118. The van der Waals surface area contributed by atoms with E-state index < -0.39 is 6.04 Å². The van der Waals surface area contributed by atoms with Crippen LogP contribution >= 0.6 is 0 Å². The summed E-state index contributed by atoms with van der Waals surface area (Å²) in [5.74, 6) is 0.267. The average Bonchev–Trinajstić information content (AvgIpc) is 2.48. The van der Waals surface area contributed by atoms with Crippen LogP contribution in [0.15, 0.2) is 24.3 Å². The van der Waals surface area contributed by atoms with Crippen molar-refractivity contribution >= 4 is 23.2 Å². The number of rotatable bonds is 5. The highest BCUT2D eigenvalue weighted by molar-refractivity contribution is 5.96. The summed E-state index contributed by atoms with van der Waals surface area (Å²) in [4.78, 5) is 23.3. The Labute approximate surface area is 131 Å². The van der Waals surface area contributed by atoms with Crippen molar-refractivity contribution in [2.75, 3.05) is 10.6 Å². The zero-order chi connectivity index (χ0) is 15.9. The molecule has 5 heteroatoms. The van der Waals surface area contributed by atoms with Crippen molar-refractivity contribution in [2.24, 2.45) is 11.7 Å². The number of hydrogen-bond acceptors (Lipinski definition) is 3. The van der Waals surface area contributed by atoms with Gasteiger partial charge in [0.05, 0.1) is 6.04 Å². The highest BCUT2D eigenvalue weighted by atomic mass is 16.2. The van der Waals surface area contributed by atoms with E-state index in [2.05, 4.69) is 10.6 Å². The Morgan fingerprint density at radius 3 is 2.45 bits per heavy atom. The van der Waals surface area contributed by atoms with Crippen LogP contribution in [-0.4, -0.2) is 17.9 Å². The molecule has 0 aliphatic heterocycles. The molecule has 0 spiro atoms. The summed E-state index contributed by atoms with van der Waals surface area (Å²) < 4.78 is 0. The molecule has 2 rings (SSSR count). The Morgan fingerprint density at radius 1 is 1.18 bits per heavy atom. The van der Waals surface area contributed by atoms with Crippen molar-refractivity contribution in [1.29, 1.82) is 0 Å². The van der Waals surface area contributed by atoms with Crippen LogP contribution in [0.5, 0.6) is 0 Å². The van der Waals surface area contributed by atoms with E-state index >= 15 is 0 Å². The lowest BCUT2D eigenvalue weighted by Gasteiger charge is -2.24. The summed E-state index contributed by atoms with van der Waals surface area (Å²) in [6.45, 7) is 1.45. The van der Waals surface area contributed by atoms with Gasteiger partial charge in [-0.25, -0.2) is 0 Å². The molecule has 0 radical (unpaired) electrons. The van der Waals surface area contributed by atoms with Gasteiger partial charge >= 0.3 is 0 Å².